The Morgan fingerprint density at radius 2 is 1.62 bits per heavy atom. The molecular weight excluding hydrogens is 159 g/mol. The van der Waals surface area contributed by atoms with Gasteiger partial charge in [0, 0.05) is 0 Å². The summed E-state index contributed by atoms with van der Waals surface area (Å²) in [6.45, 7) is 2.26. The van der Waals surface area contributed by atoms with Gasteiger partial charge in [0.05, 0.1) is 0 Å². The summed E-state index contributed by atoms with van der Waals surface area (Å²) in [5.74, 6) is 0. The summed E-state index contributed by atoms with van der Waals surface area (Å²) >= 11 is 1.87. The van der Waals surface area contributed by atoms with Crippen molar-refractivity contribution in [2.24, 2.45) is 0 Å². The number of rotatable bonds is 5. The van der Waals surface area contributed by atoms with Crippen LogP contribution in [0.15, 0.2) is 0 Å². The minimum absolute atomic E-state index is 1.37. The third-order valence-corrected chi connectivity index (χ3v) is 2.16. The van der Waals surface area contributed by atoms with E-state index in [2.05, 4.69) is 6.92 Å². The molecule has 0 rings (SSSR count). The Morgan fingerprint density at radius 1 is 1.00 bits per heavy atom. The Morgan fingerprint density at radius 3 is 2.12 bits per heavy atom. The molecule has 0 aromatic heterocycles. The van der Waals surface area contributed by atoms with Crippen molar-refractivity contribution < 1.29 is 0 Å². The van der Waals surface area contributed by atoms with Crippen molar-refractivity contribution >= 4 is 16.9 Å². The Kier molecular flexibility index (Phi) is 8.09. The van der Waals surface area contributed by atoms with E-state index in [1.807, 2.05) is 16.9 Å². The van der Waals surface area contributed by atoms with Crippen molar-refractivity contribution in [3.8, 4) is 0 Å². The zero-order chi connectivity index (χ0) is 6.24. The van der Waals surface area contributed by atoms with Gasteiger partial charge < -0.3 is 0 Å². The molecule has 0 heterocycles. The second-order valence-corrected chi connectivity index (χ2v) is 3.41. The first-order chi connectivity index (χ1) is 3.91. The van der Waals surface area contributed by atoms with E-state index < -0.39 is 0 Å². The van der Waals surface area contributed by atoms with E-state index >= 15 is 0 Å². The first-order valence-corrected chi connectivity index (χ1v) is 5.33. The van der Waals surface area contributed by atoms with Crippen LogP contribution in [0.1, 0.15) is 39.0 Å². The van der Waals surface area contributed by atoms with Crippen LogP contribution in [0.2, 0.25) is 5.21 Å². The van der Waals surface area contributed by atoms with Gasteiger partial charge in [0.25, 0.3) is 0 Å². The topological polar surface area (TPSA) is 0 Å². The fourth-order valence-electron chi connectivity index (χ4n) is 0.748. The summed E-state index contributed by atoms with van der Waals surface area (Å²) in [5.41, 5.74) is 0. The molecule has 0 aliphatic carbocycles. The summed E-state index contributed by atoms with van der Waals surface area (Å²) < 4.78 is 0. The van der Waals surface area contributed by atoms with E-state index in [-0.39, 0.29) is 0 Å². The molecule has 50 valence electrons. The molecule has 0 aliphatic heterocycles. The van der Waals surface area contributed by atoms with E-state index in [0.717, 1.165) is 0 Å². The summed E-state index contributed by atoms with van der Waals surface area (Å²) in [4.78, 5) is 0. The number of unbranched alkanes of at least 4 members (excludes halogenated alkanes) is 4. The Hall–Kier alpha value is 0.558. The molecule has 0 bridgehead atoms. The van der Waals surface area contributed by atoms with Crippen molar-refractivity contribution in [3.63, 3.8) is 0 Å². The second-order valence-electron chi connectivity index (χ2n) is 2.20. The molecule has 0 saturated heterocycles. The molecule has 0 aliphatic rings. The van der Waals surface area contributed by atoms with E-state index in [4.69, 9.17) is 0 Å². The van der Waals surface area contributed by atoms with Crippen molar-refractivity contribution in [2.45, 2.75) is 44.2 Å². The molecule has 0 saturated carbocycles. The van der Waals surface area contributed by atoms with Gasteiger partial charge in [0.1, 0.15) is 0 Å². The van der Waals surface area contributed by atoms with Crippen LogP contribution in [0, 0.1) is 0 Å². The van der Waals surface area contributed by atoms with Crippen LogP contribution >= 0.6 is 0 Å². The van der Waals surface area contributed by atoms with Gasteiger partial charge >= 0.3 is 61.1 Å². The van der Waals surface area contributed by atoms with Gasteiger partial charge in [-0.15, -0.1) is 0 Å². The number of hydrogen-bond donors (Lipinski definition) is 0. The minimum atomic E-state index is 1.37. The normalized spacial score (nSPS) is 9.75. The van der Waals surface area contributed by atoms with Crippen LogP contribution in [-0.2, 0) is 0 Å². The van der Waals surface area contributed by atoms with Crippen LogP contribution in [0.4, 0.5) is 0 Å². The van der Waals surface area contributed by atoms with Crippen molar-refractivity contribution in [1.82, 2.24) is 0 Å². The van der Waals surface area contributed by atoms with Gasteiger partial charge in [-0.1, -0.05) is 0 Å². The molecule has 0 radical (unpaired) electrons. The maximum absolute atomic E-state index is 2.26. The molecule has 8 heavy (non-hydrogen) atoms. The third-order valence-electron chi connectivity index (χ3n) is 1.31. The Labute approximate surface area is 61.5 Å². The van der Waals surface area contributed by atoms with Gasteiger partial charge in [0.2, 0.25) is 0 Å². The Bertz CT molecular complexity index is 29.4. The third kappa shape index (κ3) is 6.56. The summed E-state index contributed by atoms with van der Waals surface area (Å²) in [7, 11) is 0. The molecule has 1 atom stereocenters. The summed E-state index contributed by atoms with van der Waals surface area (Å²) in [6.07, 6.45) is 7.19. The van der Waals surface area contributed by atoms with Crippen LogP contribution in [0.25, 0.3) is 0 Å². The molecule has 1 heteroatoms. The first kappa shape index (κ1) is 8.56. The fraction of sp³-hybridized carbons (Fsp3) is 1.00. The van der Waals surface area contributed by atoms with Crippen LogP contribution in [0.3, 0.4) is 0 Å². The van der Waals surface area contributed by atoms with Crippen LogP contribution in [-0.4, -0.2) is 16.9 Å². The molecule has 0 aromatic carbocycles. The fourth-order valence-corrected chi connectivity index (χ4v) is 1.35. The standard InChI is InChI=1S/C7H17As/c1-2-3-4-5-6-7-8/h2-8H2,1H3. The second kappa shape index (κ2) is 7.56. The van der Waals surface area contributed by atoms with Gasteiger partial charge in [-0.2, -0.15) is 0 Å². The molecule has 0 nitrogen and oxygen atoms in total. The van der Waals surface area contributed by atoms with Gasteiger partial charge in [-0.3, -0.25) is 0 Å². The average Bonchev–Trinajstić information content (AvgIpc) is 1.81. The average molecular weight is 176 g/mol. The van der Waals surface area contributed by atoms with Crippen molar-refractivity contribution in [3.05, 3.63) is 0 Å². The van der Waals surface area contributed by atoms with E-state index in [9.17, 15) is 0 Å². The molecule has 0 amide bonds. The molecule has 1 unspecified atom stereocenters. The van der Waals surface area contributed by atoms with E-state index in [1.165, 1.54) is 37.3 Å². The van der Waals surface area contributed by atoms with E-state index in [0.29, 0.717) is 0 Å². The van der Waals surface area contributed by atoms with E-state index in [1.54, 1.807) is 0 Å². The molecule has 0 fully saturated rings. The zero-order valence-electron chi connectivity index (χ0n) is 5.82. The quantitative estimate of drug-likeness (QED) is 0.444. The number of hydrogen-bond acceptors (Lipinski definition) is 0. The monoisotopic (exact) mass is 176 g/mol. The SMILES string of the molecule is CCCCCCC[AsH2]. The first-order valence-electron chi connectivity index (χ1n) is 3.62. The summed E-state index contributed by atoms with van der Waals surface area (Å²) in [5, 5.41) is 1.43. The van der Waals surface area contributed by atoms with Crippen molar-refractivity contribution in [1.29, 1.82) is 0 Å². The summed E-state index contributed by atoms with van der Waals surface area (Å²) in [6, 6.07) is 0. The van der Waals surface area contributed by atoms with Gasteiger partial charge in [-0.05, 0) is 0 Å². The zero-order valence-corrected chi connectivity index (χ0v) is 8.24. The Balaban J connectivity index is 2.53. The van der Waals surface area contributed by atoms with Gasteiger partial charge in [-0.25, -0.2) is 0 Å². The molecule has 0 spiro atoms. The maximum atomic E-state index is 2.26. The molecule has 0 N–H and O–H groups in total. The van der Waals surface area contributed by atoms with Crippen molar-refractivity contribution in [2.75, 3.05) is 0 Å². The van der Waals surface area contributed by atoms with Crippen LogP contribution in [0.5, 0.6) is 0 Å². The predicted molar refractivity (Wildman–Crippen MR) is 42.1 cm³/mol. The molecule has 0 aromatic rings. The predicted octanol–water partition coefficient (Wildman–Crippen LogP) is 2.01. The molecular formula is C7H17As. The van der Waals surface area contributed by atoms with Gasteiger partial charge in [0.15, 0.2) is 0 Å². The van der Waals surface area contributed by atoms with Crippen LogP contribution < -0.4 is 0 Å².